The highest BCUT2D eigenvalue weighted by atomic mass is 32.2. The highest BCUT2D eigenvalue weighted by molar-refractivity contribution is 7.99. The van der Waals surface area contributed by atoms with Crippen LogP contribution in [-0.4, -0.2) is 26.8 Å². The number of rotatable bonds is 6. The van der Waals surface area contributed by atoms with Crippen LogP contribution in [0.2, 0.25) is 0 Å². The third kappa shape index (κ3) is 4.83. The Hall–Kier alpha value is -1.50. The average molecular weight is 242 g/mol. The molecule has 0 fully saturated rings. The number of nitrogens with one attached hydrogen (secondary N) is 1. The van der Waals surface area contributed by atoms with Crippen molar-refractivity contribution in [2.24, 2.45) is 10.9 Å². The maximum absolute atomic E-state index is 10.9. The lowest BCUT2D eigenvalue weighted by atomic mass is 10.2. The first kappa shape index (κ1) is 12.6. The lowest BCUT2D eigenvalue weighted by Gasteiger charge is -2.00. The van der Waals surface area contributed by atoms with Gasteiger partial charge in [0.15, 0.2) is 5.16 Å². The second kappa shape index (κ2) is 6.89. The molecule has 0 aliphatic heterocycles. The molecular weight excluding hydrogens is 228 g/mol. The molecule has 0 unspecified atom stereocenters. The third-order valence-corrected chi connectivity index (χ3v) is 2.82. The van der Waals surface area contributed by atoms with Crippen LogP contribution in [0, 0.1) is 0 Å². The minimum atomic E-state index is -0.144. The molecule has 0 radical (unpaired) electrons. The Bertz CT molecular complexity index is 404. The minimum absolute atomic E-state index is 0.144. The molecule has 1 aromatic rings. The third-order valence-electron chi connectivity index (χ3n) is 1.84. The van der Waals surface area contributed by atoms with Crippen molar-refractivity contribution in [3.63, 3.8) is 0 Å². The van der Waals surface area contributed by atoms with E-state index in [4.69, 9.17) is 10.9 Å². The van der Waals surface area contributed by atoms with E-state index in [0.717, 1.165) is 18.6 Å². The van der Waals surface area contributed by atoms with Gasteiger partial charge < -0.3 is 15.9 Å². The van der Waals surface area contributed by atoms with Gasteiger partial charge in [-0.1, -0.05) is 16.9 Å². The van der Waals surface area contributed by atoms with Crippen LogP contribution in [0.15, 0.2) is 27.4 Å². The summed E-state index contributed by atoms with van der Waals surface area (Å²) in [6, 6.07) is 1.38. The molecule has 0 atom stereocenters. The monoisotopic (exact) mass is 242 g/mol. The van der Waals surface area contributed by atoms with E-state index < -0.39 is 0 Å². The SMILES string of the molecule is N/C(CCCCSc1nccc(=O)[nH]1)=N/O. The summed E-state index contributed by atoms with van der Waals surface area (Å²) in [6.07, 6.45) is 3.83. The fourth-order valence-electron chi connectivity index (χ4n) is 1.05. The largest absolute Gasteiger partial charge is 0.409 e. The van der Waals surface area contributed by atoms with Gasteiger partial charge in [-0.2, -0.15) is 0 Å². The van der Waals surface area contributed by atoms with Gasteiger partial charge in [-0.05, 0) is 12.8 Å². The van der Waals surface area contributed by atoms with Gasteiger partial charge in [0.2, 0.25) is 0 Å². The molecule has 0 aliphatic carbocycles. The van der Waals surface area contributed by atoms with Gasteiger partial charge in [-0.3, -0.25) is 4.79 Å². The number of H-pyrrole nitrogens is 1. The second-order valence-electron chi connectivity index (χ2n) is 3.14. The number of nitrogens with zero attached hydrogens (tertiary/aromatic N) is 2. The standard InChI is InChI=1S/C9H14N4O2S/c10-7(13-15)3-1-2-6-16-9-11-5-4-8(14)12-9/h4-5,15H,1-3,6H2,(H2,10,13)(H,11,12,14). The van der Waals surface area contributed by atoms with E-state index in [1.165, 1.54) is 24.0 Å². The normalized spacial score (nSPS) is 11.6. The van der Waals surface area contributed by atoms with Gasteiger partial charge in [-0.25, -0.2) is 4.98 Å². The van der Waals surface area contributed by atoms with Crippen LogP contribution in [-0.2, 0) is 0 Å². The molecule has 0 aromatic carbocycles. The molecule has 0 bridgehead atoms. The van der Waals surface area contributed by atoms with Crippen molar-refractivity contribution in [3.8, 4) is 0 Å². The molecule has 0 amide bonds. The van der Waals surface area contributed by atoms with Crippen molar-refractivity contribution in [1.82, 2.24) is 9.97 Å². The van der Waals surface area contributed by atoms with E-state index in [0.29, 0.717) is 11.6 Å². The van der Waals surface area contributed by atoms with Crippen LogP contribution < -0.4 is 11.3 Å². The Labute approximate surface area is 97.0 Å². The second-order valence-corrected chi connectivity index (χ2v) is 4.22. The molecule has 16 heavy (non-hydrogen) atoms. The molecule has 88 valence electrons. The maximum atomic E-state index is 10.9. The van der Waals surface area contributed by atoms with Crippen molar-refractivity contribution in [3.05, 3.63) is 22.6 Å². The summed E-state index contributed by atoms with van der Waals surface area (Å²) in [7, 11) is 0. The van der Waals surface area contributed by atoms with Crippen LogP contribution >= 0.6 is 11.8 Å². The van der Waals surface area contributed by atoms with E-state index in [9.17, 15) is 4.79 Å². The number of aromatic amines is 1. The molecule has 0 aliphatic rings. The van der Waals surface area contributed by atoms with Gasteiger partial charge in [0.05, 0.1) is 0 Å². The van der Waals surface area contributed by atoms with Gasteiger partial charge >= 0.3 is 0 Å². The summed E-state index contributed by atoms with van der Waals surface area (Å²) in [4.78, 5) is 17.6. The summed E-state index contributed by atoms with van der Waals surface area (Å²) < 4.78 is 0. The minimum Gasteiger partial charge on any atom is -0.409 e. The Morgan fingerprint density at radius 1 is 1.62 bits per heavy atom. The number of hydrogen-bond donors (Lipinski definition) is 3. The molecule has 1 aromatic heterocycles. The molecule has 0 spiro atoms. The Kier molecular flexibility index (Phi) is 5.41. The van der Waals surface area contributed by atoms with E-state index >= 15 is 0 Å². The van der Waals surface area contributed by atoms with Crippen molar-refractivity contribution in [1.29, 1.82) is 0 Å². The highest BCUT2D eigenvalue weighted by Crippen LogP contribution is 2.12. The van der Waals surface area contributed by atoms with Gasteiger partial charge in [0, 0.05) is 24.4 Å². The van der Waals surface area contributed by atoms with Crippen LogP contribution in [0.25, 0.3) is 0 Å². The number of aromatic nitrogens is 2. The first-order valence-electron chi connectivity index (χ1n) is 4.87. The van der Waals surface area contributed by atoms with Crippen molar-refractivity contribution in [2.75, 3.05) is 5.75 Å². The quantitative estimate of drug-likeness (QED) is 0.130. The fourth-order valence-corrected chi connectivity index (χ4v) is 1.90. The Morgan fingerprint density at radius 2 is 2.44 bits per heavy atom. The Morgan fingerprint density at radius 3 is 3.12 bits per heavy atom. The molecule has 6 nitrogen and oxygen atoms in total. The molecular formula is C9H14N4O2S. The van der Waals surface area contributed by atoms with Crippen molar-refractivity contribution in [2.45, 2.75) is 24.4 Å². The summed E-state index contributed by atoms with van der Waals surface area (Å²) in [5, 5.41) is 11.8. The number of hydrogen-bond acceptors (Lipinski definition) is 5. The fraction of sp³-hybridized carbons (Fsp3) is 0.444. The predicted molar refractivity (Wildman–Crippen MR) is 62.8 cm³/mol. The first-order chi connectivity index (χ1) is 7.72. The summed E-state index contributed by atoms with van der Waals surface area (Å²) >= 11 is 1.48. The number of unbranched alkanes of at least 4 members (excludes halogenated alkanes) is 1. The number of amidine groups is 1. The number of oxime groups is 1. The van der Waals surface area contributed by atoms with E-state index in [1.54, 1.807) is 0 Å². The smallest absolute Gasteiger partial charge is 0.251 e. The van der Waals surface area contributed by atoms with E-state index in [2.05, 4.69) is 15.1 Å². The number of thioether (sulfide) groups is 1. The molecule has 1 rings (SSSR count). The summed E-state index contributed by atoms with van der Waals surface area (Å²) in [5.41, 5.74) is 5.18. The first-order valence-corrected chi connectivity index (χ1v) is 5.85. The molecule has 7 heteroatoms. The maximum Gasteiger partial charge on any atom is 0.251 e. The molecule has 1 heterocycles. The van der Waals surface area contributed by atoms with Crippen LogP contribution in [0.3, 0.4) is 0 Å². The zero-order valence-corrected chi connectivity index (χ0v) is 9.54. The predicted octanol–water partition coefficient (Wildman–Crippen LogP) is 0.779. The zero-order chi connectivity index (χ0) is 11.8. The van der Waals surface area contributed by atoms with Crippen molar-refractivity contribution < 1.29 is 5.21 Å². The molecule has 0 saturated heterocycles. The Balaban J connectivity index is 2.19. The van der Waals surface area contributed by atoms with Crippen LogP contribution in [0.1, 0.15) is 19.3 Å². The zero-order valence-electron chi connectivity index (χ0n) is 8.72. The number of nitrogens with two attached hydrogens (primary N) is 1. The van der Waals surface area contributed by atoms with Crippen molar-refractivity contribution >= 4 is 17.6 Å². The topological polar surface area (TPSA) is 104 Å². The van der Waals surface area contributed by atoms with Crippen LogP contribution in [0.4, 0.5) is 0 Å². The lowest BCUT2D eigenvalue weighted by Crippen LogP contribution is -2.10. The van der Waals surface area contributed by atoms with E-state index in [-0.39, 0.29) is 11.4 Å². The molecule has 4 N–H and O–H groups in total. The van der Waals surface area contributed by atoms with Gasteiger partial charge in [0.1, 0.15) is 5.84 Å². The van der Waals surface area contributed by atoms with Gasteiger partial charge in [-0.15, -0.1) is 0 Å². The van der Waals surface area contributed by atoms with Gasteiger partial charge in [0.25, 0.3) is 5.56 Å². The van der Waals surface area contributed by atoms with Crippen LogP contribution in [0.5, 0.6) is 0 Å². The molecule has 0 saturated carbocycles. The summed E-state index contributed by atoms with van der Waals surface area (Å²) in [6.45, 7) is 0. The van der Waals surface area contributed by atoms with E-state index in [1.807, 2.05) is 0 Å². The summed E-state index contributed by atoms with van der Waals surface area (Å²) in [5.74, 6) is 1.09. The highest BCUT2D eigenvalue weighted by Gasteiger charge is 1.97. The average Bonchev–Trinajstić information content (AvgIpc) is 2.28. The lowest BCUT2D eigenvalue weighted by molar-refractivity contribution is 0.316.